The number of phenolic OH excluding ortho intramolecular Hbond substituents is 1. The number of likely N-dealkylation sites (N-methyl/N-ethyl adjacent to an activating group) is 1. The Balaban J connectivity index is 1.90. The van der Waals surface area contributed by atoms with Gasteiger partial charge in [-0.15, -0.1) is 0 Å². The molecule has 1 aliphatic carbocycles. The van der Waals surface area contributed by atoms with Gasteiger partial charge in [-0.3, -0.25) is 4.90 Å². The minimum atomic E-state index is 0.492. The lowest BCUT2D eigenvalue weighted by molar-refractivity contribution is 0.128. The minimum absolute atomic E-state index is 0.492. The van der Waals surface area contributed by atoms with Gasteiger partial charge in [0.05, 0.1) is 0 Å². The monoisotopic (exact) mass is 274 g/mol. The van der Waals surface area contributed by atoms with E-state index in [2.05, 4.69) is 29.8 Å². The van der Waals surface area contributed by atoms with Crippen LogP contribution in [-0.4, -0.2) is 47.6 Å². The molecule has 1 aliphatic heterocycles. The Morgan fingerprint density at radius 1 is 1.20 bits per heavy atom. The predicted octanol–water partition coefficient (Wildman–Crippen LogP) is 2.80. The van der Waals surface area contributed by atoms with Crippen molar-refractivity contribution in [3.8, 4) is 5.75 Å². The molecule has 1 fully saturated rings. The largest absolute Gasteiger partial charge is 0.508 e. The van der Waals surface area contributed by atoms with Crippen LogP contribution >= 0.6 is 0 Å². The Morgan fingerprint density at radius 3 is 2.90 bits per heavy atom. The van der Waals surface area contributed by atoms with Gasteiger partial charge in [-0.25, -0.2) is 0 Å². The van der Waals surface area contributed by atoms with E-state index < -0.39 is 0 Å². The Bertz CT molecular complexity index is 474. The number of fused-ring (bicyclic) bond motifs is 1. The van der Waals surface area contributed by atoms with Crippen molar-refractivity contribution in [2.24, 2.45) is 0 Å². The number of hydrogen-bond donors (Lipinski definition) is 1. The van der Waals surface area contributed by atoms with Crippen LogP contribution < -0.4 is 0 Å². The van der Waals surface area contributed by atoms with E-state index in [4.69, 9.17) is 0 Å². The van der Waals surface area contributed by atoms with Gasteiger partial charge in [-0.05, 0) is 63.4 Å². The van der Waals surface area contributed by atoms with Crippen molar-refractivity contribution in [3.63, 3.8) is 0 Å². The first kappa shape index (κ1) is 13.9. The molecule has 3 nitrogen and oxygen atoms in total. The van der Waals surface area contributed by atoms with Crippen molar-refractivity contribution in [2.75, 3.05) is 26.7 Å². The third kappa shape index (κ3) is 2.57. The lowest BCUT2D eigenvalue weighted by atomic mass is 9.85. The number of rotatable bonds is 1. The van der Waals surface area contributed by atoms with Crippen molar-refractivity contribution in [3.05, 3.63) is 29.3 Å². The number of phenols is 1. The quantitative estimate of drug-likeness (QED) is 0.853. The van der Waals surface area contributed by atoms with E-state index in [0.29, 0.717) is 17.8 Å². The first-order valence-electron chi connectivity index (χ1n) is 7.92. The van der Waals surface area contributed by atoms with Gasteiger partial charge in [0.1, 0.15) is 5.75 Å². The molecule has 3 heteroatoms. The van der Waals surface area contributed by atoms with E-state index in [9.17, 15) is 5.11 Å². The summed E-state index contributed by atoms with van der Waals surface area (Å²) in [5.41, 5.74) is 2.56. The number of benzene rings is 1. The predicted molar refractivity (Wildman–Crippen MR) is 82.1 cm³/mol. The van der Waals surface area contributed by atoms with Gasteiger partial charge in [0.15, 0.2) is 0 Å². The second-order valence-electron chi connectivity index (χ2n) is 6.46. The third-order valence-corrected chi connectivity index (χ3v) is 4.95. The summed E-state index contributed by atoms with van der Waals surface area (Å²) in [6, 6.07) is 7.13. The SMILES string of the molecule is CC1CN(C)CCCN1C1CCCc2c(O)cccc21. The van der Waals surface area contributed by atoms with Crippen LogP contribution in [0.3, 0.4) is 0 Å². The van der Waals surface area contributed by atoms with Crippen LogP contribution in [0.25, 0.3) is 0 Å². The molecule has 0 bridgehead atoms. The standard InChI is InChI=1S/C17H26N2O/c1-13-12-18(2)10-5-11-19(13)16-8-3-7-15-14(16)6-4-9-17(15)20/h4,6,9,13,16,20H,3,5,7-8,10-12H2,1-2H3. The van der Waals surface area contributed by atoms with Crippen LogP contribution in [0, 0.1) is 0 Å². The molecule has 1 heterocycles. The van der Waals surface area contributed by atoms with Crippen LogP contribution in [0.4, 0.5) is 0 Å². The van der Waals surface area contributed by atoms with Gasteiger partial charge in [-0.2, -0.15) is 0 Å². The zero-order valence-corrected chi connectivity index (χ0v) is 12.7. The molecule has 3 rings (SSSR count). The van der Waals surface area contributed by atoms with Gasteiger partial charge >= 0.3 is 0 Å². The second kappa shape index (κ2) is 5.74. The van der Waals surface area contributed by atoms with Crippen LogP contribution in [0.15, 0.2) is 18.2 Å². The van der Waals surface area contributed by atoms with Crippen molar-refractivity contribution in [1.29, 1.82) is 0 Å². The van der Waals surface area contributed by atoms with Crippen LogP contribution in [0.1, 0.15) is 43.4 Å². The Morgan fingerprint density at radius 2 is 2.05 bits per heavy atom. The number of hydrogen-bond acceptors (Lipinski definition) is 3. The van der Waals surface area contributed by atoms with Crippen molar-refractivity contribution >= 4 is 0 Å². The van der Waals surface area contributed by atoms with E-state index in [0.717, 1.165) is 13.0 Å². The third-order valence-electron chi connectivity index (χ3n) is 4.95. The molecule has 0 radical (unpaired) electrons. The van der Waals surface area contributed by atoms with E-state index in [1.54, 1.807) is 0 Å². The maximum Gasteiger partial charge on any atom is 0.119 e. The van der Waals surface area contributed by atoms with Crippen LogP contribution in [0.2, 0.25) is 0 Å². The van der Waals surface area contributed by atoms with Gasteiger partial charge in [0.2, 0.25) is 0 Å². The Labute approximate surface area is 122 Å². The first-order chi connectivity index (χ1) is 9.66. The molecule has 2 atom stereocenters. The summed E-state index contributed by atoms with van der Waals surface area (Å²) in [6.45, 7) is 5.86. The van der Waals surface area contributed by atoms with Crippen molar-refractivity contribution < 1.29 is 5.11 Å². The summed E-state index contributed by atoms with van der Waals surface area (Å²) in [4.78, 5) is 5.11. The van der Waals surface area contributed by atoms with Gasteiger partial charge in [-0.1, -0.05) is 12.1 Å². The highest BCUT2D eigenvalue weighted by Crippen LogP contribution is 2.39. The molecule has 110 valence electrons. The molecule has 20 heavy (non-hydrogen) atoms. The fourth-order valence-electron chi connectivity index (χ4n) is 4.00. The van der Waals surface area contributed by atoms with E-state index in [-0.39, 0.29) is 0 Å². The lowest BCUT2D eigenvalue weighted by Crippen LogP contribution is -2.41. The average molecular weight is 274 g/mol. The zero-order valence-electron chi connectivity index (χ0n) is 12.7. The molecule has 2 aliphatic rings. The second-order valence-corrected chi connectivity index (χ2v) is 6.46. The molecule has 1 N–H and O–H groups in total. The smallest absolute Gasteiger partial charge is 0.119 e. The van der Waals surface area contributed by atoms with E-state index in [1.165, 1.54) is 43.5 Å². The Hall–Kier alpha value is -1.06. The lowest BCUT2D eigenvalue weighted by Gasteiger charge is -2.39. The molecular formula is C17H26N2O. The van der Waals surface area contributed by atoms with Gasteiger partial charge < -0.3 is 10.0 Å². The Kier molecular flexibility index (Phi) is 3.99. The minimum Gasteiger partial charge on any atom is -0.508 e. The zero-order chi connectivity index (χ0) is 14.1. The van der Waals surface area contributed by atoms with Crippen molar-refractivity contribution in [1.82, 2.24) is 9.80 Å². The molecule has 1 aromatic rings. The summed E-state index contributed by atoms with van der Waals surface area (Å²) < 4.78 is 0. The first-order valence-corrected chi connectivity index (χ1v) is 7.92. The molecule has 0 spiro atoms. The fourth-order valence-corrected chi connectivity index (χ4v) is 4.00. The summed E-state index contributed by atoms with van der Waals surface area (Å²) in [5.74, 6) is 0.492. The maximum atomic E-state index is 10.1. The van der Waals surface area contributed by atoms with Gasteiger partial charge in [0.25, 0.3) is 0 Å². The summed E-state index contributed by atoms with van der Waals surface area (Å²) >= 11 is 0. The molecule has 0 amide bonds. The summed E-state index contributed by atoms with van der Waals surface area (Å²) in [7, 11) is 2.22. The molecule has 2 unspecified atom stereocenters. The molecule has 0 aromatic heterocycles. The van der Waals surface area contributed by atoms with E-state index in [1.807, 2.05) is 12.1 Å². The highest BCUT2D eigenvalue weighted by molar-refractivity contribution is 5.42. The molecule has 1 aromatic carbocycles. The highest BCUT2D eigenvalue weighted by atomic mass is 16.3. The van der Waals surface area contributed by atoms with Crippen molar-refractivity contribution in [2.45, 2.75) is 44.7 Å². The highest BCUT2D eigenvalue weighted by Gasteiger charge is 2.31. The number of aromatic hydroxyl groups is 1. The van der Waals surface area contributed by atoms with Crippen LogP contribution in [0.5, 0.6) is 5.75 Å². The van der Waals surface area contributed by atoms with Gasteiger partial charge in [0, 0.05) is 25.2 Å². The summed E-state index contributed by atoms with van der Waals surface area (Å²) in [6.07, 6.45) is 4.69. The normalized spacial score (nSPS) is 28.9. The average Bonchev–Trinajstić information content (AvgIpc) is 2.59. The maximum absolute atomic E-state index is 10.1. The van der Waals surface area contributed by atoms with Crippen LogP contribution in [-0.2, 0) is 6.42 Å². The molecular weight excluding hydrogens is 248 g/mol. The molecule has 1 saturated heterocycles. The van der Waals surface area contributed by atoms with E-state index >= 15 is 0 Å². The fraction of sp³-hybridized carbons (Fsp3) is 0.647. The number of nitrogens with zero attached hydrogens (tertiary/aromatic N) is 2. The summed E-state index contributed by atoms with van der Waals surface area (Å²) in [5, 5.41) is 10.1. The topological polar surface area (TPSA) is 26.7 Å². The molecule has 0 saturated carbocycles.